The minimum Gasteiger partial charge on any atom is -0.326 e. The molecule has 2 N–H and O–H groups in total. The van der Waals surface area contributed by atoms with Crippen LogP contribution in [0.2, 0.25) is 0 Å². The normalized spacial score (nSPS) is 35.5. The maximum Gasteiger partial charge on any atom is 0.0247 e. The number of hydrogen-bond acceptors (Lipinski definition) is 2. The van der Waals surface area contributed by atoms with Crippen LogP contribution in [0.25, 0.3) is 0 Å². The van der Waals surface area contributed by atoms with Crippen LogP contribution in [0.5, 0.6) is 0 Å². The highest BCUT2D eigenvalue weighted by Crippen LogP contribution is 2.32. The molecule has 0 aromatic heterocycles. The van der Waals surface area contributed by atoms with E-state index in [1.807, 2.05) is 0 Å². The summed E-state index contributed by atoms with van der Waals surface area (Å²) in [5.74, 6) is 0. The molecule has 0 amide bonds. The second-order valence-electron chi connectivity index (χ2n) is 7.28. The molecular formula is C16H32N2. The van der Waals surface area contributed by atoms with Crippen molar-refractivity contribution in [3.63, 3.8) is 0 Å². The highest BCUT2D eigenvalue weighted by Gasteiger charge is 2.29. The van der Waals surface area contributed by atoms with Gasteiger partial charge in [-0.2, -0.15) is 0 Å². The number of hydrogen-bond donors (Lipinski definition) is 1. The van der Waals surface area contributed by atoms with E-state index in [0.717, 1.165) is 0 Å². The van der Waals surface area contributed by atoms with Gasteiger partial charge in [-0.1, -0.05) is 39.5 Å². The molecule has 2 aliphatic rings. The highest BCUT2D eigenvalue weighted by atomic mass is 15.2. The Bertz CT molecular complexity index is 249. The van der Waals surface area contributed by atoms with Gasteiger partial charge in [-0.15, -0.1) is 0 Å². The van der Waals surface area contributed by atoms with Crippen molar-refractivity contribution in [1.82, 2.24) is 4.90 Å². The Morgan fingerprint density at radius 1 is 0.889 bits per heavy atom. The lowest BCUT2D eigenvalue weighted by Gasteiger charge is -2.36. The SMILES string of the molecule is CC1(C)CCCN(C2CCCCCCC2N)CC1. The zero-order chi connectivity index (χ0) is 13.0. The molecule has 1 heterocycles. The van der Waals surface area contributed by atoms with E-state index >= 15 is 0 Å². The van der Waals surface area contributed by atoms with Crippen LogP contribution < -0.4 is 5.73 Å². The predicted octanol–water partition coefficient (Wildman–Crippen LogP) is 3.55. The van der Waals surface area contributed by atoms with Gasteiger partial charge in [0.2, 0.25) is 0 Å². The summed E-state index contributed by atoms with van der Waals surface area (Å²) in [7, 11) is 0. The van der Waals surface area contributed by atoms with Crippen LogP contribution in [0.4, 0.5) is 0 Å². The van der Waals surface area contributed by atoms with E-state index < -0.39 is 0 Å². The van der Waals surface area contributed by atoms with E-state index in [1.165, 1.54) is 70.9 Å². The average molecular weight is 252 g/mol. The summed E-state index contributed by atoms with van der Waals surface area (Å²) in [5, 5.41) is 0. The van der Waals surface area contributed by atoms with Crippen molar-refractivity contribution in [3.8, 4) is 0 Å². The fourth-order valence-electron chi connectivity index (χ4n) is 3.72. The lowest BCUT2D eigenvalue weighted by molar-refractivity contribution is 0.148. The van der Waals surface area contributed by atoms with Crippen molar-refractivity contribution in [1.29, 1.82) is 0 Å². The highest BCUT2D eigenvalue weighted by molar-refractivity contribution is 4.87. The zero-order valence-electron chi connectivity index (χ0n) is 12.5. The van der Waals surface area contributed by atoms with E-state index in [4.69, 9.17) is 5.73 Å². The lowest BCUT2D eigenvalue weighted by Crippen LogP contribution is -2.48. The maximum absolute atomic E-state index is 6.46. The van der Waals surface area contributed by atoms with Gasteiger partial charge < -0.3 is 5.73 Å². The van der Waals surface area contributed by atoms with Gasteiger partial charge in [0.25, 0.3) is 0 Å². The Kier molecular flexibility index (Phi) is 5.08. The fraction of sp³-hybridized carbons (Fsp3) is 1.00. The van der Waals surface area contributed by atoms with Crippen molar-refractivity contribution < 1.29 is 0 Å². The molecule has 1 saturated carbocycles. The van der Waals surface area contributed by atoms with Crippen molar-refractivity contribution >= 4 is 0 Å². The number of likely N-dealkylation sites (tertiary alicyclic amines) is 1. The van der Waals surface area contributed by atoms with E-state index in [1.54, 1.807) is 0 Å². The van der Waals surface area contributed by atoms with Crippen LogP contribution in [0.3, 0.4) is 0 Å². The summed E-state index contributed by atoms with van der Waals surface area (Å²) in [5.41, 5.74) is 7.00. The van der Waals surface area contributed by atoms with Crippen molar-refractivity contribution in [3.05, 3.63) is 0 Å². The van der Waals surface area contributed by atoms with Gasteiger partial charge in [-0.3, -0.25) is 4.90 Å². The second kappa shape index (κ2) is 6.38. The quantitative estimate of drug-likeness (QED) is 0.773. The Hall–Kier alpha value is -0.0800. The van der Waals surface area contributed by atoms with E-state index in [2.05, 4.69) is 18.7 Å². The van der Waals surface area contributed by atoms with Gasteiger partial charge in [-0.25, -0.2) is 0 Å². The Morgan fingerprint density at radius 3 is 2.39 bits per heavy atom. The first-order chi connectivity index (χ1) is 8.58. The first-order valence-corrected chi connectivity index (χ1v) is 8.08. The predicted molar refractivity (Wildman–Crippen MR) is 78.7 cm³/mol. The molecule has 106 valence electrons. The lowest BCUT2D eigenvalue weighted by atomic mass is 9.85. The van der Waals surface area contributed by atoms with Crippen molar-refractivity contribution in [2.75, 3.05) is 13.1 Å². The molecule has 2 unspecified atom stereocenters. The summed E-state index contributed by atoms with van der Waals surface area (Å²) in [4.78, 5) is 2.73. The molecule has 2 rings (SSSR count). The van der Waals surface area contributed by atoms with E-state index in [0.29, 0.717) is 17.5 Å². The number of rotatable bonds is 1. The first-order valence-electron chi connectivity index (χ1n) is 8.08. The third-order valence-corrected chi connectivity index (χ3v) is 5.13. The molecule has 2 heteroatoms. The third-order valence-electron chi connectivity index (χ3n) is 5.13. The third kappa shape index (κ3) is 3.96. The first kappa shape index (κ1) is 14.3. The summed E-state index contributed by atoms with van der Waals surface area (Å²) >= 11 is 0. The van der Waals surface area contributed by atoms with Crippen LogP contribution >= 0.6 is 0 Å². The van der Waals surface area contributed by atoms with Gasteiger partial charge in [0.1, 0.15) is 0 Å². The topological polar surface area (TPSA) is 29.3 Å². The maximum atomic E-state index is 6.46. The van der Waals surface area contributed by atoms with Gasteiger partial charge in [-0.05, 0) is 50.6 Å². The molecule has 2 nitrogen and oxygen atoms in total. The van der Waals surface area contributed by atoms with Gasteiger partial charge in [0, 0.05) is 12.1 Å². The molecule has 2 fully saturated rings. The number of nitrogens with zero attached hydrogens (tertiary/aromatic N) is 1. The minimum absolute atomic E-state index is 0.423. The smallest absolute Gasteiger partial charge is 0.0247 e. The monoisotopic (exact) mass is 252 g/mol. The molecule has 0 aromatic rings. The molecule has 0 radical (unpaired) electrons. The Labute approximate surface area is 113 Å². The Morgan fingerprint density at radius 2 is 1.61 bits per heavy atom. The molecular weight excluding hydrogens is 220 g/mol. The molecule has 0 spiro atoms. The summed E-state index contributed by atoms with van der Waals surface area (Å²) in [6, 6.07) is 1.09. The number of nitrogens with two attached hydrogens (primary N) is 1. The molecule has 2 atom stereocenters. The van der Waals surface area contributed by atoms with Crippen LogP contribution in [0.1, 0.15) is 71.6 Å². The van der Waals surface area contributed by atoms with Crippen molar-refractivity contribution in [2.24, 2.45) is 11.1 Å². The fourth-order valence-corrected chi connectivity index (χ4v) is 3.72. The molecule has 1 aliphatic carbocycles. The van der Waals surface area contributed by atoms with Crippen molar-refractivity contribution in [2.45, 2.75) is 83.7 Å². The molecule has 1 saturated heterocycles. The second-order valence-corrected chi connectivity index (χ2v) is 7.28. The zero-order valence-corrected chi connectivity index (χ0v) is 12.5. The molecule has 1 aliphatic heterocycles. The van der Waals surface area contributed by atoms with Crippen LogP contribution in [0, 0.1) is 5.41 Å². The molecule has 0 bridgehead atoms. The minimum atomic E-state index is 0.423. The van der Waals surface area contributed by atoms with Gasteiger partial charge >= 0.3 is 0 Å². The largest absolute Gasteiger partial charge is 0.326 e. The standard InChI is InChI=1S/C16H32N2/c1-16(2)10-7-12-18(13-11-16)15-9-6-4-3-5-8-14(15)17/h14-15H,3-13,17H2,1-2H3. The Balaban J connectivity index is 1.95. The average Bonchev–Trinajstić information content (AvgIpc) is 2.46. The molecule has 0 aromatic carbocycles. The summed E-state index contributed by atoms with van der Waals surface area (Å²) < 4.78 is 0. The summed E-state index contributed by atoms with van der Waals surface area (Å²) in [6.45, 7) is 7.40. The van der Waals surface area contributed by atoms with Crippen LogP contribution in [0.15, 0.2) is 0 Å². The van der Waals surface area contributed by atoms with E-state index in [9.17, 15) is 0 Å². The van der Waals surface area contributed by atoms with Crippen LogP contribution in [-0.4, -0.2) is 30.1 Å². The van der Waals surface area contributed by atoms with Crippen LogP contribution in [-0.2, 0) is 0 Å². The van der Waals surface area contributed by atoms with E-state index in [-0.39, 0.29) is 0 Å². The summed E-state index contributed by atoms with van der Waals surface area (Å²) in [6.07, 6.45) is 12.2. The van der Waals surface area contributed by atoms with Gasteiger partial charge in [0.15, 0.2) is 0 Å². The van der Waals surface area contributed by atoms with Gasteiger partial charge in [0.05, 0.1) is 0 Å². The molecule has 18 heavy (non-hydrogen) atoms.